The van der Waals surface area contributed by atoms with Crippen molar-refractivity contribution < 1.29 is 8.91 Å². The van der Waals surface area contributed by atoms with Crippen LogP contribution in [0.25, 0.3) is 0 Å². The molecule has 0 atom stereocenters. The fourth-order valence-electron chi connectivity index (χ4n) is 1.22. The number of rotatable bonds is 3. The van der Waals surface area contributed by atoms with Crippen molar-refractivity contribution in [2.75, 3.05) is 5.32 Å². The van der Waals surface area contributed by atoms with E-state index in [4.69, 9.17) is 16.1 Å². The summed E-state index contributed by atoms with van der Waals surface area (Å²) in [6.45, 7) is 2.14. The Bertz CT molecular complexity index is 501. The Morgan fingerprint density at radius 2 is 2.31 bits per heavy atom. The van der Waals surface area contributed by atoms with E-state index in [2.05, 4.69) is 15.5 Å². The van der Waals surface area contributed by atoms with Crippen LogP contribution in [0.4, 0.5) is 10.2 Å². The highest BCUT2D eigenvalue weighted by atomic mass is 35.5. The highest BCUT2D eigenvalue weighted by Gasteiger charge is 2.06. The summed E-state index contributed by atoms with van der Waals surface area (Å²) in [4.78, 5) is 3.82. The molecule has 0 aliphatic carbocycles. The van der Waals surface area contributed by atoms with E-state index in [0.717, 1.165) is 5.69 Å². The van der Waals surface area contributed by atoms with Crippen molar-refractivity contribution in [1.82, 2.24) is 10.1 Å². The average molecular weight is 242 g/mol. The minimum Gasteiger partial charge on any atom is -0.360 e. The zero-order chi connectivity index (χ0) is 11.5. The Morgan fingerprint density at radius 3 is 2.94 bits per heavy atom. The molecule has 1 N–H and O–H groups in total. The molecule has 0 unspecified atom stereocenters. The quantitative estimate of drug-likeness (QED) is 0.898. The van der Waals surface area contributed by atoms with Gasteiger partial charge in [0.15, 0.2) is 17.4 Å². The minimum atomic E-state index is -0.497. The lowest BCUT2D eigenvalue weighted by molar-refractivity contribution is 0.384. The maximum atomic E-state index is 13.3. The zero-order valence-electron chi connectivity index (χ0n) is 8.50. The van der Waals surface area contributed by atoms with Crippen LogP contribution < -0.4 is 5.32 Å². The summed E-state index contributed by atoms with van der Waals surface area (Å²) >= 11 is 5.58. The van der Waals surface area contributed by atoms with E-state index in [1.807, 2.05) is 6.92 Å². The largest absolute Gasteiger partial charge is 0.360 e. The molecular weight excluding hydrogens is 233 g/mol. The van der Waals surface area contributed by atoms with Crippen molar-refractivity contribution in [3.8, 4) is 0 Å². The van der Waals surface area contributed by atoms with Gasteiger partial charge in [0, 0.05) is 12.3 Å². The average Bonchev–Trinajstić information content (AvgIpc) is 2.63. The SMILES string of the molecule is Cc1cc(CNc2ncc(Cl)cc2F)on1. The molecule has 0 bridgehead atoms. The predicted molar refractivity (Wildman–Crippen MR) is 57.8 cm³/mol. The van der Waals surface area contributed by atoms with E-state index in [0.29, 0.717) is 12.3 Å². The topological polar surface area (TPSA) is 51.0 Å². The predicted octanol–water partition coefficient (Wildman–Crippen LogP) is 2.78. The van der Waals surface area contributed by atoms with E-state index in [-0.39, 0.29) is 10.8 Å². The monoisotopic (exact) mass is 241 g/mol. The molecular formula is C10H9ClFN3O. The van der Waals surface area contributed by atoms with Crippen LogP contribution in [0.2, 0.25) is 5.02 Å². The number of nitrogens with zero attached hydrogens (tertiary/aromatic N) is 2. The number of nitrogens with one attached hydrogen (secondary N) is 1. The van der Waals surface area contributed by atoms with Crippen molar-refractivity contribution in [2.45, 2.75) is 13.5 Å². The molecule has 2 heterocycles. The van der Waals surface area contributed by atoms with Gasteiger partial charge in [0.25, 0.3) is 0 Å². The standard InChI is InChI=1S/C10H9ClFN3O/c1-6-2-8(16-15-6)5-14-10-9(12)3-7(11)4-13-10/h2-4H,5H2,1H3,(H,13,14). The first-order valence-corrected chi connectivity index (χ1v) is 5.00. The molecule has 2 rings (SSSR count). The van der Waals surface area contributed by atoms with Gasteiger partial charge in [-0.1, -0.05) is 16.8 Å². The Hall–Kier alpha value is -1.62. The lowest BCUT2D eigenvalue weighted by Crippen LogP contribution is -2.02. The summed E-state index contributed by atoms with van der Waals surface area (Å²) in [5, 5.41) is 6.77. The summed E-state index contributed by atoms with van der Waals surface area (Å²) in [6.07, 6.45) is 1.37. The highest BCUT2D eigenvalue weighted by Crippen LogP contribution is 2.16. The Balaban J connectivity index is 2.04. The van der Waals surface area contributed by atoms with Gasteiger partial charge in [-0.25, -0.2) is 9.37 Å². The van der Waals surface area contributed by atoms with Gasteiger partial charge in [0.1, 0.15) is 0 Å². The first-order chi connectivity index (χ1) is 7.65. The number of halogens is 2. The number of aryl methyl sites for hydroxylation is 1. The third-order valence-electron chi connectivity index (χ3n) is 1.91. The molecule has 4 nitrogen and oxygen atoms in total. The fourth-order valence-corrected chi connectivity index (χ4v) is 1.36. The molecule has 0 spiro atoms. The number of hydrogen-bond acceptors (Lipinski definition) is 4. The lowest BCUT2D eigenvalue weighted by Gasteiger charge is -2.03. The molecule has 0 amide bonds. The van der Waals surface area contributed by atoms with E-state index in [9.17, 15) is 4.39 Å². The molecule has 0 fully saturated rings. The van der Waals surface area contributed by atoms with Crippen molar-refractivity contribution in [3.05, 3.63) is 40.6 Å². The highest BCUT2D eigenvalue weighted by molar-refractivity contribution is 6.30. The summed E-state index contributed by atoms with van der Waals surface area (Å²) < 4.78 is 18.3. The third kappa shape index (κ3) is 2.49. The van der Waals surface area contributed by atoms with Gasteiger partial charge >= 0.3 is 0 Å². The van der Waals surface area contributed by atoms with Crippen molar-refractivity contribution in [2.24, 2.45) is 0 Å². The first kappa shape index (κ1) is 10.9. The summed E-state index contributed by atoms with van der Waals surface area (Å²) in [6, 6.07) is 2.96. The number of anilines is 1. The van der Waals surface area contributed by atoms with Gasteiger partial charge in [-0.2, -0.15) is 0 Å². The first-order valence-electron chi connectivity index (χ1n) is 4.62. The molecule has 6 heteroatoms. The fraction of sp³-hybridized carbons (Fsp3) is 0.200. The van der Waals surface area contributed by atoms with Gasteiger partial charge in [0.2, 0.25) is 0 Å². The normalized spacial score (nSPS) is 10.4. The van der Waals surface area contributed by atoms with E-state index in [1.165, 1.54) is 12.3 Å². The minimum absolute atomic E-state index is 0.137. The molecule has 0 aliphatic heterocycles. The molecule has 0 aromatic carbocycles. The Labute approximate surface area is 96.4 Å². The van der Waals surface area contributed by atoms with Crippen LogP contribution in [-0.4, -0.2) is 10.1 Å². The maximum Gasteiger partial charge on any atom is 0.166 e. The summed E-state index contributed by atoms with van der Waals surface area (Å²) in [5.41, 5.74) is 0.779. The smallest absolute Gasteiger partial charge is 0.166 e. The Morgan fingerprint density at radius 1 is 1.50 bits per heavy atom. The van der Waals surface area contributed by atoms with Crippen molar-refractivity contribution >= 4 is 17.4 Å². The molecule has 0 saturated carbocycles. The van der Waals surface area contributed by atoms with Gasteiger partial charge in [-0.05, 0) is 13.0 Å². The summed E-state index contributed by atoms with van der Waals surface area (Å²) in [5.74, 6) is 0.260. The zero-order valence-corrected chi connectivity index (χ0v) is 9.25. The van der Waals surface area contributed by atoms with E-state index in [1.54, 1.807) is 6.07 Å². The second kappa shape index (κ2) is 4.49. The van der Waals surface area contributed by atoms with E-state index < -0.39 is 5.82 Å². The van der Waals surface area contributed by atoms with Crippen LogP contribution in [0.1, 0.15) is 11.5 Å². The van der Waals surface area contributed by atoms with Crippen LogP contribution in [0, 0.1) is 12.7 Å². The molecule has 0 aliphatic rings. The van der Waals surface area contributed by atoms with Crippen LogP contribution in [0.15, 0.2) is 22.9 Å². The second-order valence-electron chi connectivity index (χ2n) is 3.27. The Kier molecular flexibility index (Phi) is 3.05. The molecule has 16 heavy (non-hydrogen) atoms. The van der Waals surface area contributed by atoms with Gasteiger partial charge in [-0.3, -0.25) is 0 Å². The third-order valence-corrected chi connectivity index (χ3v) is 2.12. The van der Waals surface area contributed by atoms with Crippen LogP contribution in [0.3, 0.4) is 0 Å². The molecule has 0 saturated heterocycles. The van der Waals surface area contributed by atoms with E-state index >= 15 is 0 Å². The molecule has 2 aromatic rings. The van der Waals surface area contributed by atoms with Gasteiger partial charge in [-0.15, -0.1) is 0 Å². The lowest BCUT2D eigenvalue weighted by atomic mass is 10.3. The molecule has 84 valence electrons. The number of pyridine rings is 1. The molecule has 2 aromatic heterocycles. The molecule has 0 radical (unpaired) electrons. The van der Waals surface area contributed by atoms with Crippen LogP contribution in [-0.2, 0) is 6.54 Å². The number of aromatic nitrogens is 2. The van der Waals surface area contributed by atoms with Gasteiger partial charge < -0.3 is 9.84 Å². The number of hydrogen-bond donors (Lipinski definition) is 1. The van der Waals surface area contributed by atoms with Gasteiger partial charge in [0.05, 0.1) is 17.3 Å². The van der Waals surface area contributed by atoms with Crippen LogP contribution in [0.5, 0.6) is 0 Å². The van der Waals surface area contributed by atoms with Crippen LogP contribution >= 0.6 is 11.6 Å². The maximum absolute atomic E-state index is 13.3. The van der Waals surface area contributed by atoms with Crippen molar-refractivity contribution in [3.63, 3.8) is 0 Å². The van der Waals surface area contributed by atoms with Crippen molar-refractivity contribution in [1.29, 1.82) is 0 Å². The summed E-state index contributed by atoms with van der Waals surface area (Å²) in [7, 11) is 0. The second-order valence-corrected chi connectivity index (χ2v) is 3.71.